The van der Waals surface area contributed by atoms with Gasteiger partial charge in [-0.1, -0.05) is 32.1 Å². The molecule has 0 radical (unpaired) electrons. The third-order valence-corrected chi connectivity index (χ3v) is 4.73. The van der Waals surface area contributed by atoms with Crippen LogP contribution in [0.3, 0.4) is 0 Å². The lowest BCUT2D eigenvalue weighted by Gasteiger charge is -2.41. The third-order valence-electron chi connectivity index (χ3n) is 4.73. The van der Waals surface area contributed by atoms with E-state index in [9.17, 15) is 18.0 Å². The maximum absolute atomic E-state index is 12.3. The highest BCUT2D eigenvalue weighted by Gasteiger charge is 2.41. The summed E-state index contributed by atoms with van der Waals surface area (Å²) in [4.78, 5) is 11.0. The van der Waals surface area contributed by atoms with Crippen molar-refractivity contribution in [2.45, 2.75) is 63.7 Å². The van der Waals surface area contributed by atoms with Crippen LogP contribution >= 0.6 is 0 Å². The first-order valence-electron chi connectivity index (χ1n) is 7.49. The summed E-state index contributed by atoms with van der Waals surface area (Å²) in [5.74, 6) is -0.874. The fraction of sp³-hybridized carbons (Fsp3) is 0.929. The molecule has 6 heteroatoms. The number of hydrogen-bond donors (Lipinski definition) is 2. The highest BCUT2D eigenvalue weighted by atomic mass is 19.4. The monoisotopic (exact) mass is 292 g/mol. The van der Waals surface area contributed by atoms with Gasteiger partial charge in [0.2, 0.25) is 0 Å². The molecule has 0 aromatic rings. The van der Waals surface area contributed by atoms with Crippen LogP contribution in [0.2, 0.25) is 0 Å². The molecule has 116 valence electrons. The summed E-state index contributed by atoms with van der Waals surface area (Å²) in [6, 6.07) is -0.0932. The second kappa shape index (κ2) is 6.33. The molecule has 1 aliphatic heterocycles. The summed E-state index contributed by atoms with van der Waals surface area (Å²) in [6.07, 6.45) is 1.89. The molecule has 1 saturated heterocycles. The van der Waals surface area contributed by atoms with Crippen LogP contribution in [0.15, 0.2) is 0 Å². The summed E-state index contributed by atoms with van der Waals surface area (Å²) in [7, 11) is 0. The summed E-state index contributed by atoms with van der Waals surface area (Å²) in [6.45, 7) is 2.52. The van der Waals surface area contributed by atoms with Gasteiger partial charge in [0, 0.05) is 18.6 Å². The highest BCUT2D eigenvalue weighted by molar-refractivity contribution is 5.81. The van der Waals surface area contributed by atoms with Crippen molar-refractivity contribution < 1.29 is 18.0 Å². The number of nitrogens with one attached hydrogen (secondary N) is 2. The Morgan fingerprint density at radius 3 is 2.45 bits per heavy atom. The van der Waals surface area contributed by atoms with E-state index < -0.39 is 18.1 Å². The van der Waals surface area contributed by atoms with Crippen molar-refractivity contribution >= 4 is 5.91 Å². The molecule has 1 amide bonds. The van der Waals surface area contributed by atoms with Gasteiger partial charge in [-0.15, -0.1) is 0 Å². The van der Waals surface area contributed by atoms with Gasteiger partial charge < -0.3 is 10.6 Å². The van der Waals surface area contributed by atoms with Gasteiger partial charge in [0.25, 0.3) is 0 Å². The van der Waals surface area contributed by atoms with Crippen LogP contribution in [0.5, 0.6) is 0 Å². The first kappa shape index (κ1) is 15.6. The predicted octanol–water partition coefficient (Wildman–Crippen LogP) is 2.61. The number of carbonyl (C=O) groups is 1. The molecule has 1 saturated carbocycles. The second-order valence-electron chi connectivity index (χ2n) is 6.16. The van der Waals surface area contributed by atoms with Crippen molar-refractivity contribution in [3.05, 3.63) is 0 Å². The Bertz CT molecular complexity index is 340. The summed E-state index contributed by atoms with van der Waals surface area (Å²) in [5, 5.41) is 5.38. The maximum Gasteiger partial charge on any atom is 0.471 e. The van der Waals surface area contributed by atoms with Gasteiger partial charge in [-0.3, -0.25) is 4.79 Å². The lowest BCUT2D eigenvalue weighted by Crippen LogP contribution is -2.56. The molecular weight excluding hydrogens is 269 g/mol. The van der Waals surface area contributed by atoms with Gasteiger partial charge in [0.05, 0.1) is 0 Å². The summed E-state index contributed by atoms with van der Waals surface area (Å²) in [5.41, 5.74) is 0. The molecule has 2 fully saturated rings. The van der Waals surface area contributed by atoms with Gasteiger partial charge >= 0.3 is 12.1 Å². The van der Waals surface area contributed by atoms with Crippen molar-refractivity contribution in [2.75, 3.05) is 6.54 Å². The molecule has 0 bridgehead atoms. The van der Waals surface area contributed by atoms with Gasteiger partial charge in [-0.05, 0) is 25.2 Å². The smallest absolute Gasteiger partial charge is 0.344 e. The van der Waals surface area contributed by atoms with E-state index in [0.717, 1.165) is 12.8 Å². The molecule has 0 spiro atoms. The topological polar surface area (TPSA) is 41.1 Å². The van der Waals surface area contributed by atoms with E-state index in [1.165, 1.54) is 19.3 Å². The van der Waals surface area contributed by atoms with Crippen molar-refractivity contribution in [3.8, 4) is 0 Å². The van der Waals surface area contributed by atoms with Gasteiger partial charge in [0.1, 0.15) is 0 Å². The molecule has 3 atom stereocenters. The van der Waals surface area contributed by atoms with Crippen LogP contribution in [-0.2, 0) is 4.79 Å². The van der Waals surface area contributed by atoms with Crippen LogP contribution in [-0.4, -0.2) is 30.7 Å². The number of alkyl halides is 3. The minimum atomic E-state index is -4.79. The Labute approximate surface area is 117 Å². The van der Waals surface area contributed by atoms with E-state index >= 15 is 0 Å². The molecule has 0 aromatic heterocycles. The van der Waals surface area contributed by atoms with E-state index in [1.54, 1.807) is 0 Å². The summed E-state index contributed by atoms with van der Waals surface area (Å²) < 4.78 is 36.9. The minimum absolute atomic E-state index is 0.317. The molecule has 2 rings (SSSR count). The van der Waals surface area contributed by atoms with E-state index in [2.05, 4.69) is 17.6 Å². The number of hydrogen-bond acceptors (Lipinski definition) is 2. The van der Waals surface area contributed by atoms with Gasteiger partial charge in [-0.25, -0.2) is 0 Å². The van der Waals surface area contributed by atoms with Crippen LogP contribution in [0, 0.1) is 11.8 Å². The Morgan fingerprint density at radius 1 is 1.20 bits per heavy atom. The molecule has 20 heavy (non-hydrogen) atoms. The van der Waals surface area contributed by atoms with Crippen LogP contribution in [0.4, 0.5) is 13.2 Å². The van der Waals surface area contributed by atoms with Crippen LogP contribution in [0.1, 0.15) is 45.4 Å². The van der Waals surface area contributed by atoms with E-state index in [0.29, 0.717) is 30.8 Å². The SMILES string of the molecule is CC1NCC(NC(=O)C(F)(F)F)CC1C1CCCCC1. The molecule has 1 heterocycles. The van der Waals surface area contributed by atoms with E-state index in [-0.39, 0.29) is 0 Å². The first-order chi connectivity index (χ1) is 9.38. The Morgan fingerprint density at radius 2 is 1.85 bits per heavy atom. The molecule has 2 aliphatic rings. The lowest BCUT2D eigenvalue weighted by atomic mass is 9.73. The third kappa shape index (κ3) is 3.87. The average molecular weight is 292 g/mol. The molecule has 3 unspecified atom stereocenters. The van der Waals surface area contributed by atoms with Crippen molar-refractivity contribution in [2.24, 2.45) is 11.8 Å². The first-order valence-corrected chi connectivity index (χ1v) is 7.49. The standard InChI is InChI=1S/C14H23F3N2O/c1-9-12(10-5-3-2-4-6-10)7-11(8-18-9)19-13(20)14(15,16)17/h9-12,18H,2-8H2,1H3,(H,19,20). The molecule has 2 N–H and O–H groups in total. The molecule has 1 aliphatic carbocycles. The Balaban J connectivity index is 1.92. The number of carbonyl (C=O) groups excluding carboxylic acids is 1. The molecular formula is C14H23F3N2O. The minimum Gasteiger partial charge on any atom is -0.344 e. The van der Waals surface area contributed by atoms with Crippen LogP contribution < -0.4 is 10.6 Å². The highest BCUT2D eigenvalue weighted by Crippen LogP contribution is 2.35. The number of halogens is 3. The maximum atomic E-state index is 12.3. The molecule has 3 nitrogen and oxygen atoms in total. The number of rotatable bonds is 2. The number of amides is 1. The van der Waals surface area contributed by atoms with E-state index in [4.69, 9.17) is 0 Å². The van der Waals surface area contributed by atoms with Crippen molar-refractivity contribution in [1.82, 2.24) is 10.6 Å². The Kier molecular flexibility index (Phi) is 4.94. The van der Waals surface area contributed by atoms with Crippen molar-refractivity contribution in [3.63, 3.8) is 0 Å². The largest absolute Gasteiger partial charge is 0.471 e. The summed E-state index contributed by atoms with van der Waals surface area (Å²) >= 11 is 0. The number of piperidine rings is 1. The second-order valence-corrected chi connectivity index (χ2v) is 6.16. The molecule has 0 aromatic carbocycles. The zero-order valence-corrected chi connectivity index (χ0v) is 11.8. The van der Waals surface area contributed by atoms with Crippen LogP contribution in [0.25, 0.3) is 0 Å². The zero-order chi connectivity index (χ0) is 14.8. The van der Waals surface area contributed by atoms with E-state index in [1.807, 2.05) is 0 Å². The van der Waals surface area contributed by atoms with Crippen molar-refractivity contribution in [1.29, 1.82) is 0 Å². The van der Waals surface area contributed by atoms with Gasteiger partial charge in [-0.2, -0.15) is 13.2 Å². The lowest BCUT2D eigenvalue weighted by molar-refractivity contribution is -0.174. The fourth-order valence-electron chi connectivity index (χ4n) is 3.64. The van der Waals surface area contributed by atoms with Gasteiger partial charge in [0.15, 0.2) is 0 Å². The zero-order valence-electron chi connectivity index (χ0n) is 11.8. The Hall–Kier alpha value is -0.780. The quantitative estimate of drug-likeness (QED) is 0.821. The fourth-order valence-corrected chi connectivity index (χ4v) is 3.64. The predicted molar refractivity (Wildman–Crippen MR) is 70.1 cm³/mol. The normalized spacial score (nSPS) is 32.9. The average Bonchev–Trinajstić information content (AvgIpc) is 2.41.